The van der Waals surface area contributed by atoms with Crippen molar-refractivity contribution in [2.24, 2.45) is 5.92 Å². The average Bonchev–Trinajstić information content (AvgIpc) is 2.75. The molecule has 0 aliphatic rings. The van der Waals surface area contributed by atoms with Gasteiger partial charge in [-0.3, -0.25) is 0 Å². The quantitative estimate of drug-likeness (QED) is 0.760. The third-order valence-electron chi connectivity index (χ3n) is 2.99. The Balaban J connectivity index is 3.03. The maximum absolute atomic E-state index is 12.1. The van der Waals surface area contributed by atoms with Crippen LogP contribution in [0.2, 0.25) is 0 Å². The monoisotopic (exact) mass is 321 g/mol. The lowest BCUT2D eigenvalue weighted by atomic mass is 10.1. The molecule has 0 fully saturated rings. The van der Waals surface area contributed by atoms with Gasteiger partial charge in [-0.05, 0) is 24.4 Å². The smallest absolute Gasteiger partial charge is 0.184 e. The second-order valence-corrected chi connectivity index (χ2v) is 7.77. The first-order valence-corrected chi connectivity index (χ1v) is 9.08. The molecule has 1 unspecified atom stereocenters. The van der Waals surface area contributed by atoms with Gasteiger partial charge in [0.15, 0.2) is 15.7 Å². The summed E-state index contributed by atoms with van der Waals surface area (Å²) in [5.74, 6) is 0.363. The number of anilines is 2. The van der Waals surface area contributed by atoms with E-state index in [1.807, 2.05) is 6.92 Å². The first-order chi connectivity index (χ1) is 9.33. The molecule has 0 bridgehead atoms. The van der Waals surface area contributed by atoms with E-state index in [4.69, 9.17) is 10.5 Å². The highest BCUT2D eigenvalue weighted by Crippen LogP contribution is 2.33. The summed E-state index contributed by atoms with van der Waals surface area (Å²) in [5.41, 5.74) is 5.70. The summed E-state index contributed by atoms with van der Waals surface area (Å²) in [5, 5.41) is 3.72. The number of sulfone groups is 1. The van der Waals surface area contributed by atoms with Gasteiger partial charge in [-0.15, -0.1) is 0 Å². The van der Waals surface area contributed by atoms with Crippen LogP contribution in [0, 0.1) is 5.92 Å². The van der Waals surface area contributed by atoms with Gasteiger partial charge in [-0.2, -0.15) is 4.37 Å². The molecule has 0 radical (unpaired) electrons. The number of nitrogen functional groups attached to an aromatic ring is 1. The zero-order valence-corrected chi connectivity index (χ0v) is 14.0. The van der Waals surface area contributed by atoms with Crippen LogP contribution in [0.4, 0.5) is 10.8 Å². The zero-order valence-electron chi connectivity index (χ0n) is 12.3. The predicted molar refractivity (Wildman–Crippen MR) is 83.0 cm³/mol. The van der Waals surface area contributed by atoms with Crippen molar-refractivity contribution >= 4 is 32.2 Å². The zero-order chi connectivity index (χ0) is 15.3. The number of nitrogens with two attached hydrogens (primary N) is 1. The number of nitrogens with one attached hydrogen (secondary N) is 1. The topological polar surface area (TPSA) is 94.3 Å². The standard InChI is InChI=1S/C12H23N3O3S2/c1-5-18-7-9(8(3)4)14-12-10(11(13)15-19-12)20(16,17)6-2/h8-9,14H,5-7H2,1-4H3,(H2,13,15). The molecule has 0 saturated carbocycles. The summed E-state index contributed by atoms with van der Waals surface area (Å²) >= 11 is 1.08. The molecule has 3 N–H and O–H groups in total. The van der Waals surface area contributed by atoms with Crippen LogP contribution in [0.3, 0.4) is 0 Å². The Morgan fingerprint density at radius 2 is 2.05 bits per heavy atom. The van der Waals surface area contributed by atoms with Crippen LogP contribution >= 0.6 is 11.5 Å². The Labute approximate surface area is 124 Å². The minimum absolute atomic E-state index is 0.00208. The van der Waals surface area contributed by atoms with E-state index in [0.29, 0.717) is 24.1 Å². The summed E-state index contributed by atoms with van der Waals surface area (Å²) < 4.78 is 33.6. The van der Waals surface area contributed by atoms with E-state index < -0.39 is 9.84 Å². The summed E-state index contributed by atoms with van der Waals surface area (Å²) in [6, 6.07) is 0.0145. The van der Waals surface area contributed by atoms with E-state index in [0.717, 1.165) is 11.5 Å². The van der Waals surface area contributed by atoms with Crippen molar-refractivity contribution < 1.29 is 13.2 Å². The van der Waals surface area contributed by atoms with Gasteiger partial charge in [0.2, 0.25) is 0 Å². The highest BCUT2D eigenvalue weighted by Gasteiger charge is 2.26. The second kappa shape index (κ2) is 7.24. The van der Waals surface area contributed by atoms with Crippen molar-refractivity contribution in [2.75, 3.05) is 30.0 Å². The SMILES string of the molecule is CCOCC(Nc1snc(N)c1S(=O)(=O)CC)C(C)C. The van der Waals surface area contributed by atoms with Crippen molar-refractivity contribution in [3.63, 3.8) is 0 Å². The number of hydrogen-bond acceptors (Lipinski definition) is 7. The fourth-order valence-corrected chi connectivity index (χ4v) is 3.86. The number of ether oxygens (including phenoxy) is 1. The van der Waals surface area contributed by atoms with Crippen LogP contribution in [-0.4, -0.2) is 37.8 Å². The van der Waals surface area contributed by atoms with Crippen LogP contribution in [0.5, 0.6) is 0 Å². The van der Waals surface area contributed by atoms with Crippen molar-refractivity contribution in [1.82, 2.24) is 4.37 Å². The molecule has 0 aliphatic carbocycles. The van der Waals surface area contributed by atoms with E-state index >= 15 is 0 Å². The van der Waals surface area contributed by atoms with E-state index in [-0.39, 0.29) is 22.5 Å². The Hall–Kier alpha value is -0.860. The Morgan fingerprint density at radius 3 is 2.55 bits per heavy atom. The van der Waals surface area contributed by atoms with Gasteiger partial charge in [-0.1, -0.05) is 20.8 Å². The molecule has 1 aromatic heterocycles. The largest absolute Gasteiger partial charge is 0.382 e. The number of nitrogens with zero attached hydrogens (tertiary/aromatic N) is 1. The Kier molecular flexibility index (Phi) is 6.22. The molecule has 1 rings (SSSR count). The van der Waals surface area contributed by atoms with Gasteiger partial charge in [0, 0.05) is 6.61 Å². The molecular weight excluding hydrogens is 298 g/mol. The lowest BCUT2D eigenvalue weighted by Crippen LogP contribution is -2.31. The molecule has 0 aliphatic heterocycles. The van der Waals surface area contributed by atoms with Gasteiger partial charge in [0.05, 0.1) is 18.4 Å². The molecule has 0 saturated heterocycles. The minimum atomic E-state index is -3.39. The highest BCUT2D eigenvalue weighted by molar-refractivity contribution is 7.91. The van der Waals surface area contributed by atoms with Crippen LogP contribution in [0.1, 0.15) is 27.7 Å². The minimum Gasteiger partial charge on any atom is -0.382 e. The van der Waals surface area contributed by atoms with Crippen LogP contribution in [0.15, 0.2) is 4.90 Å². The lowest BCUT2D eigenvalue weighted by Gasteiger charge is -2.22. The average molecular weight is 321 g/mol. The van der Waals surface area contributed by atoms with Gasteiger partial charge in [0.1, 0.15) is 9.90 Å². The number of rotatable bonds is 8. The van der Waals surface area contributed by atoms with Gasteiger partial charge in [-0.25, -0.2) is 8.42 Å². The highest BCUT2D eigenvalue weighted by atomic mass is 32.2. The molecule has 1 aromatic rings. The number of hydrogen-bond donors (Lipinski definition) is 2. The summed E-state index contributed by atoms with van der Waals surface area (Å²) in [7, 11) is -3.39. The van der Waals surface area contributed by atoms with E-state index in [2.05, 4.69) is 23.5 Å². The lowest BCUT2D eigenvalue weighted by molar-refractivity contribution is 0.127. The molecule has 0 spiro atoms. The number of aromatic nitrogens is 1. The molecule has 0 amide bonds. The first-order valence-electron chi connectivity index (χ1n) is 6.65. The second-order valence-electron chi connectivity index (χ2n) is 4.78. The first kappa shape index (κ1) is 17.2. The predicted octanol–water partition coefficient (Wildman–Crippen LogP) is 1.99. The molecule has 116 valence electrons. The van der Waals surface area contributed by atoms with Crippen LogP contribution in [0.25, 0.3) is 0 Å². The van der Waals surface area contributed by atoms with Gasteiger partial charge >= 0.3 is 0 Å². The molecule has 6 nitrogen and oxygen atoms in total. The third kappa shape index (κ3) is 4.07. The Bertz CT molecular complexity index is 526. The summed E-state index contributed by atoms with van der Waals surface area (Å²) in [6.45, 7) is 8.75. The van der Waals surface area contributed by atoms with Crippen molar-refractivity contribution in [3.05, 3.63) is 0 Å². The van der Waals surface area contributed by atoms with Gasteiger partial charge in [0.25, 0.3) is 0 Å². The van der Waals surface area contributed by atoms with Crippen LogP contribution in [-0.2, 0) is 14.6 Å². The van der Waals surface area contributed by atoms with E-state index in [1.165, 1.54) is 0 Å². The van der Waals surface area contributed by atoms with E-state index in [1.54, 1.807) is 6.92 Å². The van der Waals surface area contributed by atoms with Crippen molar-refractivity contribution in [3.8, 4) is 0 Å². The third-order valence-corrected chi connectivity index (χ3v) is 5.71. The molecule has 0 aromatic carbocycles. The maximum atomic E-state index is 12.1. The fraction of sp³-hybridized carbons (Fsp3) is 0.750. The maximum Gasteiger partial charge on any atom is 0.184 e. The van der Waals surface area contributed by atoms with E-state index in [9.17, 15) is 8.42 Å². The molecular formula is C12H23N3O3S2. The fourth-order valence-electron chi connectivity index (χ4n) is 1.64. The summed E-state index contributed by atoms with van der Waals surface area (Å²) in [6.07, 6.45) is 0. The van der Waals surface area contributed by atoms with Crippen molar-refractivity contribution in [1.29, 1.82) is 0 Å². The molecule has 20 heavy (non-hydrogen) atoms. The summed E-state index contributed by atoms with van der Waals surface area (Å²) in [4.78, 5) is 0.118. The molecule has 8 heteroatoms. The molecule has 1 heterocycles. The van der Waals surface area contributed by atoms with Crippen LogP contribution < -0.4 is 11.1 Å². The molecule has 1 atom stereocenters. The normalized spacial score (nSPS) is 13.7. The van der Waals surface area contributed by atoms with Crippen molar-refractivity contribution in [2.45, 2.75) is 38.6 Å². The Morgan fingerprint density at radius 1 is 1.40 bits per heavy atom. The van der Waals surface area contributed by atoms with Gasteiger partial charge < -0.3 is 15.8 Å².